The lowest BCUT2D eigenvalue weighted by Crippen LogP contribution is -2.45. The molecule has 9 heteroatoms. The second kappa shape index (κ2) is 13.4. The SMILES string of the molecule is CCC1CCC(N(CCCCOc2ccccc2)C(=O)Nc2ncc(SCC(=O)O)s2)CC1. The number of carbonyl (C=O) groups is 2. The van der Waals surface area contributed by atoms with Gasteiger partial charge in [0.15, 0.2) is 5.13 Å². The van der Waals surface area contributed by atoms with Gasteiger partial charge in [-0.25, -0.2) is 9.78 Å². The second-order valence-corrected chi connectivity index (χ2v) is 10.5. The van der Waals surface area contributed by atoms with Crippen molar-refractivity contribution in [2.24, 2.45) is 5.92 Å². The zero-order valence-corrected chi connectivity index (χ0v) is 20.7. The van der Waals surface area contributed by atoms with E-state index in [1.165, 1.54) is 29.5 Å². The highest BCUT2D eigenvalue weighted by atomic mass is 32.2. The van der Waals surface area contributed by atoms with Crippen LogP contribution in [0.1, 0.15) is 51.9 Å². The Morgan fingerprint density at radius 2 is 1.97 bits per heavy atom. The Bertz CT molecular complexity index is 870. The Hall–Kier alpha value is -2.26. The highest BCUT2D eigenvalue weighted by Gasteiger charge is 2.28. The van der Waals surface area contributed by atoms with E-state index >= 15 is 0 Å². The Labute approximate surface area is 203 Å². The minimum absolute atomic E-state index is 0.0204. The number of nitrogens with zero attached hydrogens (tertiary/aromatic N) is 2. The number of thioether (sulfide) groups is 1. The lowest BCUT2D eigenvalue weighted by molar-refractivity contribution is -0.133. The van der Waals surface area contributed by atoms with E-state index in [1.54, 1.807) is 6.20 Å². The molecule has 2 N–H and O–H groups in total. The third kappa shape index (κ3) is 8.55. The number of para-hydroxylation sites is 1. The van der Waals surface area contributed by atoms with Gasteiger partial charge in [-0.15, -0.1) is 11.8 Å². The number of carbonyl (C=O) groups excluding carboxylic acids is 1. The quantitative estimate of drug-likeness (QED) is 0.280. The molecule has 2 aromatic rings. The molecule has 1 heterocycles. The molecule has 0 unspecified atom stereocenters. The Balaban J connectivity index is 1.53. The summed E-state index contributed by atoms with van der Waals surface area (Å²) in [6.07, 6.45) is 8.94. The van der Waals surface area contributed by atoms with Gasteiger partial charge in [-0.1, -0.05) is 42.9 Å². The molecule has 1 saturated carbocycles. The number of ether oxygens (including phenoxy) is 1. The van der Waals surface area contributed by atoms with Gasteiger partial charge in [0.2, 0.25) is 0 Å². The summed E-state index contributed by atoms with van der Waals surface area (Å²) in [5.74, 6) is 0.737. The smallest absolute Gasteiger partial charge is 0.323 e. The van der Waals surface area contributed by atoms with Crippen LogP contribution >= 0.6 is 23.1 Å². The number of aliphatic carboxylic acids is 1. The molecule has 1 aliphatic carbocycles. The van der Waals surface area contributed by atoms with Crippen molar-refractivity contribution >= 4 is 40.2 Å². The normalized spacial score (nSPS) is 18.0. The van der Waals surface area contributed by atoms with Crippen LogP contribution in [0.25, 0.3) is 0 Å². The number of urea groups is 1. The van der Waals surface area contributed by atoms with Gasteiger partial charge in [-0.2, -0.15) is 0 Å². The first kappa shape index (κ1) is 25.4. The molecule has 1 fully saturated rings. The lowest BCUT2D eigenvalue weighted by atomic mass is 9.84. The summed E-state index contributed by atoms with van der Waals surface area (Å²) in [6, 6.07) is 9.89. The van der Waals surface area contributed by atoms with E-state index in [4.69, 9.17) is 9.84 Å². The predicted octanol–water partition coefficient (Wildman–Crippen LogP) is 5.98. The van der Waals surface area contributed by atoms with Gasteiger partial charge < -0.3 is 14.7 Å². The van der Waals surface area contributed by atoms with E-state index in [2.05, 4.69) is 17.2 Å². The first-order valence-electron chi connectivity index (χ1n) is 11.6. The average Bonchev–Trinajstić information content (AvgIpc) is 3.28. The molecule has 33 heavy (non-hydrogen) atoms. The maximum atomic E-state index is 13.2. The summed E-state index contributed by atoms with van der Waals surface area (Å²) >= 11 is 2.52. The van der Waals surface area contributed by atoms with E-state index < -0.39 is 5.97 Å². The number of thiazole rings is 1. The summed E-state index contributed by atoms with van der Waals surface area (Å²) in [5.41, 5.74) is 0. The zero-order valence-electron chi connectivity index (χ0n) is 19.1. The Kier molecular flexibility index (Phi) is 10.3. The first-order valence-corrected chi connectivity index (χ1v) is 13.4. The van der Waals surface area contributed by atoms with Crippen molar-refractivity contribution in [1.29, 1.82) is 0 Å². The Morgan fingerprint density at radius 1 is 1.21 bits per heavy atom. The number of hydrogen-bond donors (Lipinski definition) is 2. The zero-order chi connectivity index (χ0) is 23.5. The summed E-state index contributed by atoms with van der Waals surface area (Å²) in [4.78, 5) is 30.2. The van der Waals surface area contributed by atoms with Crippen molar-refractivity contribution in [2.75, 3.05) is 24.2 Å². The van der Waals surface area contributed by atoms with Gasteiger partial charge in [0.25, 0.3) is 0 Å². The molecule has 0 saturated heterocycles. The topological polar surface area (TPSA) is 91.8 Å². The van der Waals surface area contributed by atoms with Crippen molar-refractivity contribution in [3.8, 4) is 5.75 Å². The van der Waals surface area contributed by atoms with Crippen LogP contribution < -0.4 is 10.1 Å². The van der Waals surface area contributed by atoms with Gasteiger partial charge in [0.05, 0.1) is 22.8 Å². The summed E-state index contributed by atoms with van der Waals surface area (Å²) < 4.78 is 6.57. The number of aromatic nitrogens is 1. The molecule has 7 nitrogen and oxygen atoms in total. The van der Waals surface area contributed by atoms with E-state index in [0.29, 0.717) is 18.3 Å². The van der Waals surface area contributed by atoms with E-state index in [9.17, 15) is 9.59 Å². The number of carboxylic acid groups (broad SMARTS) is 1. The van der Waals surface area contributed by atoms with Crippen LogP contribution in [0.2, 0.25) is 0 Å². The number of amides is 2. The Morgan fingerprint density at radius 3 is 2.67 bits per heavy atom. The lowest BCUT2D eigenvalue weighted by Gasteiger charge is -2.36. The number of rotatable bonds is 12. The molecule has 3 rings (SSSR count). The van der Waals surface area contributed by atoms with Crippen LogP contribution in [0, 0.1) is 5.92 Å². The molecule has 0 atom stereocenters. The summed E-state index contributed by atoms with van der Waals surface area (Å²) in [6.45, 7) is 3.54. The average molecular weight is 492 g/mol. The second-order valence-electron chi connectivity index (χ2n) is 8.24. The van der Waals surface area contributed by atoms with Gasteiger partial charge in [0.1, 0.15) is 5.75 Å². The fourth-order valence-corrected chi connectivity index (χ4v) is 5.67. The van der Waals surface area contributed by atoms with Crippen molar-refractivity contribution in [2.45, 2.75) is 62.1 Å². The van der Waals surface area contributed by atoms with Crippen LogP contribution in [0.3, 0.4) is 0 Å². The van der Waals surface area contributed by atoms with Crippen LogP contribution in [0.15, 0.2) is 40.7 Å². The molecule has 1 aromatic heterocycles. The molecule has 0 radical (unpaired) electrons. The van der Waals surface area contributed by atoms with Crippen molar-refractivity contribution < 1.29 is 19.4 Å². The number of anilines is 1. The summed E-state index contributed by atoms with van der Waals surface area (Å²) in [5, 5.41) is 12.3. The predicted molar refractivity (Wildman–Crippen MR) is 133 cm³/mol. The fraction of sp³-hybridized carbons (Fsp3) is 0.542. The molecule has 0 aliphatic heterocycles. The van der Waals surface area contributed by atoms with Crippen molar-refractivity contribution in [3.63, 3.8) is 0 Å². The minimum Gasteiger partial charge on any atom is -0.494 e. The van der Waals surface area contributed by atoms with E-state index in [-0.39, 0.29) is 17.8 Å². The third-order valence-corrected chi connectivity index (χ3v) is 8.03. The van der Waals surface area contributed by atoms with Crippen LogP contribution in [-0.2, 0) is 4.79 Å². The monoisotopic (exact) mass is 491 g/mol. The van der Waals surface area contributed by atoms with Crippen molar-refractivity contribution in [3.05, 3.63) is 36.5 Å². The molecule has 1 aliphatic rings. The molecular formula is C24H33N3O4S2. The molecule has 0 bridgehead atoms. The van der Waals surface area contributed by atoms with Gasteiger partial charge >= 0.3 is 12.0 Å². The molecule has 2 amide bonds. The number of benzene rings is 1. The van der Waals surface area contributed by atoms with Crippen LogP contribution in [0.5, 0.6) is 5.75 Å². The first-order chi connectivity index (χ1) is 16.0. The largest absolute Gasteiger partial charge is 0.494 e. The minimum atomic E-state index is -0.871. The van der Waals surface area contributed by atoms with Crippen LogP contribution in [0.4, 0.5) is 9.93 Å². The standard InChI is InChI=1S/C24H33N3O4S2/c1-2-18-10-12-19(13-11-18)27(14-6-7-15-31-20-8-4-3-5-9-20)24(30)26-23-25-16-22(33-23)32-17-21(28)29/h3-5,8-9,16,18-19H,2,6-7,10-15,17H2,1H3,(H,28,29)(H,25,26,30). The van der Waals surface area contributed by atoms with E-state index in [0.717, 1.165) is 54.4 Å². The summed E-state index contributed by atoms with van der Waals surface area (Å²) in [7, 11) is 0. The number of nitrogens with one attached hydrogen (secondary N) is 1. The van der Waals surface area contributed by atoms with Gasteiger partial charge in [0, 0.05) is 12.6 Å². The van der Waals surface area contributed by atoms with Gasteiger partial charge in [-0.3, -0.25) is 10.1 Å². The maximum Gasteiger partial charge on any atom is 0.323 e. The fourth-order valence-electron chi connectivity index (χ4n) is 4.09. The molecule has 180 valence electrons. The highest BCUT2D eigenvalue weighted by Crippen LogP contribution is 2.31. The highest BCUT2D eigenvalue weighted by molar-refractivity contribution is 8.01. The number of hydrogen-bond acceptors (Lipinski definition) is 6. The molecule has 0 spiro atoms. The third-order valence-electron chi connectivity index (χ3n) is 5.94. The maximum absolute atomic E-state index is 13.2. The van der Waals surface area contributed by atoms with Crippen LogP contribution in [-0.4, -0.2) is 51.9 Å². The molecular weight excluding hydrogens is 458 g/mol. The van der Waals surface area contributed by atoms with Gasteiger partial charge in [-0.05, 0) is 56.6 Å². The number of unbranched alkanes of at least 4 members (excludes halogenated alkanes) is 1. The number of carboxylic acids is 1. The van der Waals surface area contributed by atoms with Crippen molar-refractivity contribution in [1.82, 2.24) is 9.88 Å². The molecule has 1 aromatic carbocycles. The van der Waals surface area contributed by atoms with E-state index in [1.807, 2.05) is 35.2 Å².